The second-order valence-corrected chi connectivity index (χ2v) is 9.64. The third kappa shape index (κ3) is 2.78. The lowest BCUT2D eigenvalue weighted by molar-refractivity contribution is -0.155. The quantitative estimate of drug-likeness (QED) is 0.536. The Kier molecular flexibility index (Phi) is 4.51. The molecule has 0 saturated heterocycles. The maximum atomic E-state index is 12.3. The van der Waals surface area contributed by atoms with Crippen molar-refractivity contribution in [1.29, 1.82) is 0 Å². The minimum absolute atomic E-state index is 0.0310. The molecule has 27 heavy (non-hydrogen) atoms. The highest BCUT2D eigenvalue weighted by molar-refractivity contribution is 5.76. The Balaban J connectivity index is 1.58. The highest BCUT2D eigenvalue weighted by atomic mass is 16.5. The number of carbonyl (C=O) groups is 2. The molecular formula is C23H32O4. The molecule has 0 N–H and O–H groups in total. The monoisotopic (exact) mass is 372 g/mol. The lowest BCUT2D eigenvalue weighted by Crippen LogP contribution is -2.53. The van der Waals surface area contributed by atoms with E-state index < -0.39 is 0 Å². The summed E-state index contributed by atoms with van der Waals surface area (Å²) in [5.74, 6) is 1.61. The Bertz CT molecular complexity index is 694. The molecule has 0 bridgehead atoms. The number of methoxy groups -OCH3 is 1. The lowest BCUT2D eigenvalue weighted by atomic mass is 9.46. The van der Waals surface area contributed by atoms with E-state index in [2.05, 4.69) is 38.2 Å². The van der Waals surface area contributed by atoms with Crippen molar-refractivity contribution in [3.05, 3.63) is 24.3 Å². The van der Waals surface area contributed by atoms with E-state index in [1.807, 2.05) is 0 Å². The van der Waals surface area contributed by atoms with Gasteiger partial charge in [-0.1, -0.05) is 38.2 Å². The van der Waals surface area contributed by atoms with E-state index in [4.69, 9.17) is 9.47 Å². The van der Waals surface area contributed by atoms with Crippen LogP contribution in [0.15, 0.2) is 24.3 Å². The molecule has 4 nitrogen and oxygen atoms in total. The molecule has 0 aromatic carbocycles. The molecule has 4 heteroatoms. The van der Waals surface area contributed by atoms with Crippen LogP contribution in [0.25, 0.3) is 0 Å². The van der Waals surface area contributed by atoms with Crippen LogP contribution in [0.2, 0.25) is 0 Å². The summed E-state index contributed by atoms with van der Waals surface area (Å²) >= 11 is 0. The molecule has 0 radical (unpaired) electrons. The predicted molar refractivity (Wildman–Crippen MR) is 103 cm³/mol. The third-order valence-electron chi connectivity index (χ3n) is 8.43. The molecule has 148 valence electrons. The number of esters is 2. The number of allylic oxidation sites excluding steroid dienone is 3. The Morgan fingerprint density at radius 3 is 2.44 bits per heavy atom. The van der Waals surface area contributed by atoms with Crippen molar-refractivity contribution in [1.82, 2.24) is 0 Å². The number of hydrogen-bond acceptors (Lipinski definition) is 4. The van der Waals surface area contributed by atoms with Gasteiger partial charge in [-0.2, -0.15) is 0 Å². The molecule has 0 aliphatic heterocycles. The van der Waals surface area contributed by atoms with Crippen molar-refractivity contribution < 1.29 is 19.1 Å². The molecule has 2 fully saturated rings. The van der Waals surface area contributed by atoms with Crippen LogP contribution in [0.4, 0.5) is 0 Å². The second-order valence-electron chi connectivity index (χ2n) is 9.64. The smallest absolute Gasteiger partial charge is 0.313 e. The van der Waals surface area contributed by atoms with E-state index in [9.17, 15) is 9.59 Å². The van der Waals surface area contributed by atoms with Crippen LogP contribution < -0.4 is 0 Å². The van der Waals surface area contributed by atoms with Crippen molar-refractivity contribution >= 4 is 11.9 Å². The zero-order chi connectivity index (χ0) is 19.4. The number of hydrogen-bond donors (Lipinski definition) is 0. The van der Waals surface area contributed by atoms with Gasteiger partial charge in [-0.05, 0) is 66.6 Å². The average Bonchev–Trinajstić information content (AvgIpc) is 2.98. The fraction of sp³-hybridized carbons (Fsp3) is 0.739. The molecule has 8 atom stereocenters. The molecular weight excluding hydrogens is 340 g/mol. The first-order valence-electron chi connectivity index (χ1n) is 10.4. The van der Waals surface area contributed by atoms with Crippen LogP contribution in [0.3, 0.4) is 0 Å². The van der Waals surface area contributed by atoms with Crippen molar-refractivity contribution in [3.8, 4) is 0 Å². The van der Waals surface area contributed by atoms with Gasteiger partial charge >= 0.3 is 11.9 Å². The molecule has 4 aliphatic carbocycles. The molecule has 4 aliphatic rings. The number of carbonyl (C=O) groups excluding carboxylic acids is 2. The molecule has 0 heterocycles. The first kappa shape index (κ1) is 18.8. The standard InChI is InChI=1S/C23H32O4/c1-14(24)27-16-9-11-22(2)15(13-16)5-6-17-18-7-8-20(21(25)26-4)23(18,3)12-10-19(17)22/h5-8,15-20H,9-13H2,1-4H3/t15?,16?,17-,18-,19-,20?,22-,23-/m0/s1. The van der Waals surface area contributed by atoms with Crippen molar-refractivity contribution in [3.63, 3.8) is 0 Å². The van der Waals surface area contributed by atoms with Gasteiger partial charge in [-0.3, -0.25) is 9.59 Å². The summed E-state index contributed by atoms with van der Waals surface area (Å²) in [7, 11) is 1.49. The van der Waals surface area contributed by atoms with Gasteiger partial charge < -0.3 is 9.47 Å². The highest BCUT2D eigenvalue weighted by Gasteiger charge is 2.59. The van der Waals surface area contributed by atoms with Gasteiger partial charge in [0.05, 0.1) is 13.0 Å². The Morgan fingerprint density at radius 1 is 1.00 bits per heavy atom. The van der Waals surface area contributed by atoms with Gasteiger partial charge in [0.25, 0.3) is 0 Å². The van der Waals surface area contributed by atoms with E-state index in [1.54, 1.807) is 0 Å². The van der Waals surface area contributed by atoms with E-state index >= 15 is 0 Å². The fourth-order valence-electron chi connectivity index (χ4n) is 6.87. The van der Waals surface area contributed by atoms with E-state index in [0.29, 0.717) is 23.7 Å². The highest BCUT2D eigenvalue weighted by Crippen LogP contribution is 2.64. The van der Waals surface area contributed by atoms with Crippen molar-refractivity contribution in [2.24, 2.45) is 40.4 Å². The number of fused-ring (bicyclic) bond motifs is 5. The normalized spacial score (nSPS) is 47.6. The zero-order valence-corrected chi connectivity index (χ0v) is 16.9. The van der Waals surface area contributed by atoms with Crippen LogP contribution in [0.1, 0.15) is 52.9 Å². The largest absolute Gasteiger partial charge is 0.469 e. The van der Waals surface area contributed by atoms with Gasteiger partial charge in [0.1, 0.15) is 6.10 Å². The molecule has 3 unspecified atom stereocenters. The van der Waals surface area contributed by atoms with E-state index in [1.165, 1.54) is 14.0 Å². The molecule has 2 saturated carbocycles. The maximum absolute atomic E-state index is 12.3. The number of rotatable bonds is 2. The summed E-state index contributed by atoms with van der Waals surface area (Å²) < 4.78 is 10.6. The summed E-state index contributed by atoms with van der Waals surface area (Å²) in [5, 5.41) is 0. The summed E-state index contributed by atoms with van der Waals surface area (Å²) in [4.78, 5) is 23.7. The molecule has 0 aromatic heterocycles. The van der Waals surface area contributed by atoms with Crippen LogP contribution in [0.5, 0.6) is 0 Å². The van der Waals surface area contributed by atoms with E-state index in [-0.39, 0.29) is 34.8 Å². The summed E-state index contributed by atoms with van der Waals surface area (Å²) in [6, 6.07) is 0. The van der Waals surface area contributed by atoms with Gasteiger partial charge in [0, 0.05) is 6.92 Å². The topological polar surface area (TPSA) is 52.6 Å². The van der Waals surface area contributed by atoms with Crippen LogP contribution >= 0.6 is 0 Å². The molecule has 0 aromatic rings. The van der Waals surface area contributed by atoms with Crippen LogP contribution in [-0.2, 0) is 19.1 Å². The zero-order valence-electron chi connectivity index (χ0n) is 16.9. The minimum atomic E-state index is -0.167. The number of ether oxygens (including phenoxy) is 2. The van der Waals surface area contributed by atoms with Gasteiger partial charge in [-0.25, -0.2) is 0 Å². The third-order valence-corrected chi connectivity index (χ3v) is 8.43. The Labute approximate surface area is 162 Å². The van der Waals surface area contributed by atoms with Gasteiger partial charge in [-0.15, -0.1) is 0 Å². The van der Waals surface area contributed by atoms with Crippen molar-refractivity contribution in [2.75, 3.05) is 7.11 Å². The lowest BCUT2D eigenvalue weighted by Gasteiger charge is -2.58. The maximum Gasteiger partial charge on any atom is 0.313 e. The second kappa shape index (κ2) is 6.49. The molecule has 0 spiro atoms. The first-order chi connectivity index (χ1) is 12.8. The van der Waals surface area contributed by atoms with E-state index in [0.717, 1.165) is 32.1 Å². The molecule has 0 amide bonds. The summed E-state index contributed by atoms with van der Waals surface area (Å²) in [5.41, 5.74) is 0.228. The Hall–Kier alpha value is -1.58. The average molecular weight is 373 g/mol. The van der Waals surface area contributed by atoms with Crippen molar-refractivity contribution in [2.45, 2.75) is 59.0 Å². The summed E-state index contributed by atoms with van der Waals surface area (Å²) in [6.07, 6.45) is 14.5. The fourth-order valence-corrected chi connectivity index (χ4v) is 6.87. The van der Waals surface area contributed by atoms with Crippen LogP contribution in [-0.4, -0.2) is 25.2 Å². The van der Waals surface area contributed by atoms with Gasteiger partial charge in [0.2, 0.25) is 0 Å². The SMILES string of the molecule is COC(=O)C1C=C[C@H]2[C@@H]3C=CC4CC(OC(C)=O)CC[C@]4(C)[C@H]3CC[C@]12C. The van der Waals surface area contributed by atoms with Gasteiger partial charge in [0.15, 0.2) is 0 Å². The predicted octanol–water partition coefficient (Wildman–Crippen LogP) is 4.30. The summed E-state index contributed by atoms with van der Waals surface area (Å²) in [6.45, 7) is 6.23. The minimum Gasteiger partial charge on any atom is -0.469 e. The molecule has 4 rings (SSSR count). The Morgan fingerprint density at radius 2 is 1.74 bits per heavy atom. The first-order valence-corrected chi connectivity index (χ1v) is 10.4. The van der Waals surface area contributed by atoms with Crippen LogP contribution in [0, 0.1) is 40.4 Å².